The van der Waals surface area contributed by atoms with Gasteiger partial charge in [-0.2, -0.15) is 0 Å². The van der Waals surface area contributed by atoms with E-state index in [-0.39, 0.29) is 29.9 Å². The first kappa shape index (κ1) is 24.3. The molecule has 1 N–H and O–H groups in total. The molecule has 182 valence electrons. The van der Waals surface area contributed by atoms with Gasteiger partial charge in [-0.25, -0.2) is 0 Å². The van der Waals surface area contributed by atoms with E-state index >= 15 is 0 Å². The predicted octanol–water partition coefficient (Wildman–Crippen LogP) is 3.72. The maximum absolute atomic E-state index is 13.2. The summed E-state index contributed by atoms with van der Waals surface area (Å²) in [5.41, 5.74) is 0.820. The summed E-state index contributed by atoms with van der Waals surface area (Å²) in [5, 5.41) is 22.3. The third kappa shape index (κ3) is 4.69. The first-order valence-electron chi connectivity index (χ1n) is 11.0. The monoisotopic (exact) mass is 487 g/mol. The van der Waals surface area contributed by atoms with Crippen LogP contribution in [0.5, 0.6) is 0 Å². The molecule has 0 saturated carbocycles. The number of hydrogen-bond donors (Lipinski definition) is 1. The van der Waals surface area contributed by atoms with E-state index < -0.39 is 34.4 Å². The first-order valence-corrected chi connectivity index (χ1v) is 11.0. The van der Waals surface area contributed by atoms with Gasteiger partial charge in [0.05, 0.1) is 29.2 Å². The largest absolute Gasteiger partial charge is 0.507 e. The Hall–Kier alpha value is -4.86. The van der Waals surface area contributed by atoms with Gasteiger partial charge in [-0.1, -0.05) is 30.3 Å². The molecule has 0 spiro atoms. The van der Waals surface area contributed by atoms with E-state index in [2.05, 4.69) is 4.98 Å². The molecule has 3 aromatic rings. The Morgan fingerprint density at radius 1 is 1.11 bits per heavy atom. The number of aromatic nitrogens is 1. The minimum Gasteiger partial charge on any atom is -0.507 e. The van der Waals surface area contributed by atoms with Crippen molar-refractivity contribution in [2.75, 3.05) is 11.5 Å². The van der Waals surface area contributed by atoms with E-state index in [0.29, 0.717) is 16.9 Å². The number of hydrogen-bond acceptors (Lipinski definition) is 8. The molecule has 1 saturated heterocycles. The Bertz CT molecular complexity index is 1370. The van der Waals surface area contributed by atoms with Crippen molar-refractivity contribution >= 4 is 34.8 Å². The van der Waals surface area contributed by atoms with E-state index in [0.717, 1.165) is 6.07 Å². The number of carbonyl (C=O) groups is 3. The van der Waals surface area contributed by atoms with Gasteiger partial charge in [-0.05, 0) is 36.8 Å². The van der Waals surface area contributed by atoms with E-state index in [1.807, 2.05) is 0 Å². The second-order valence-electron chi connectivity index (χ2n) is 7.88. The predicted molar refractivity (Wildman–Crippen MR) is 129 cm³/mol. The van der Waals surface area contributed by atoms with Crippen LogP contribution in [-0.4, -0.2) is 39.3 Å². The molecule has 1 unspecified atom stereocenters. The average Bonchev–Trinajstić information content (AvgIpc) is 3.15. The van der Waals surface area contributed by atoms with Gasteiger partial charge < -0.3 is 9.84 Å². The van der Waals surface area contributed by atoms with Crippen molar-refractivity contribution in [1.82, 2.24) is 4.98 Å². The highest BCUT2D eigenvalue weighted by atomic mass is 16.6. The molecule has 2 aromatic carbocycles. The summed E-state index contributed by atoms with van der Waals surface area (Å²) in [5.74, 6) is -2.79. The van der Waals surface area contributed by atoms with Gasteiger partial charge in [0, 0.05) is 29.6 Å². The van der Waals surface area contributed by atoms with Crippen LogP contribution in [0.15, 0.2) is 78.5 Å². The fourth-order valence-electron chi connectivity index (χ4n) is 3.99. The molecular weight excluding hydrogens is 466 g/mol. The molecule has 0 bridgehead atoms. The van der Waals surface area contributed by atoms with Crippen molar-refractivity contribution in [3.63, 3.8) is 0 Å². The lowest BCUT2D eigenvalue weighted by molar-refractivity contribution is -0.384. The molecule has 1 fully saturated rings. The smallest absolute Gasteiger partial charge is 0.310 e. The van der Waals surface area contributed by atoms with E-state index in [1.165, 1.54) is 29.3 Å². The summed E-state index contributed by atoms with van der Waals surface area (Å²) in [7, 11) is 0. The number of ketones is 1. The summed E-state index contributed by atoms with van der Waals surface area (Å²) in [6.45, 7) is 1.97. The van der Waals surface area contributed by atoms with Gasteiger partial charge in [0.1, 0.15) is 11.8 Å². The first-order chi connectivity index (χ1) is 17.3. The number of nitro benzene ring substituents is 1. The van der Waals surface area contributed by atoms with Crippen LogP contribution >= 0.6 is 0 Å². The Kier molecular flexibility index (Phi) is 6.86. The quantitative estimate of drug-likeness (QED) is 0.133. The number of ether oxygens (including phenoxy) is 1. The van der Waals surface area contributed by atoms with E-state index in [1.54, 1.807) is 49.4 Å². The van der Waals surface area contributed by atoms with Crippen LogP contribution in [-0.2, 0) is 25.5 Å². The molecule has 1 atom stereocenters. The number of anilines is 1. The summed E-state index contributed by atoms with van der Waals surface area (Å²) in [6.07, 6.45) is 1.54. The van der Waals surface area contributed by atoms with Gasteiger partial charge >= 0.3 is 5.97 Å². The van der Waals surface area contributed by atoms with Crippen molar-refractivity contribution in [3.8, 4) is 0 Å². The molecule has 1 amide bonds. The fourth-order valence-corrected chi connectivity index (χ4v) is 3.99. The number of carbonyl (C=O) groups excluding carboxylic acids is 3. The van der Waals surface area contributed by atoms with Crippen molar-refractivity contribution in [2.24, 2.45) is 0 Å². The maximum Gasteiger partial charge on any atom is 0.310 e. The van der Waals surface area contributed by atoms with Gasteiger partial charge in [-0.15, -0.1) is 0 Å². The van der Waals surface area contributed by atoms with Crippen LogP contribution in [0.2, 0.25) is 0 Å². The van der Waals surface area contributed by atoms with Crippen LogP contribution in [0, 0.1) is 10.1 Å². The van der Waals surface area contributed by atoms with Crippen LogP contribution < -0.4 is 4.90 Å². The number of rotatable bonds is 7. The molecule has 10 nitrogen and oxygen atoms in total. The second-order valence-corrected chi connectivity index (χ2v) is 7.88. The number of benzene rings is 2. The van der Waals surface area contributed by atoms with Crippen molar-refractivity contribution in [3.05, 3.63) is 105 Å². The number of aliphatic hydroxyl groups excluding tert-OH is 1. The van der Waals surface area contributed by atoms with Crippen LogP contribution in [0.25, 0.3) is 5.76 Å². The van der Waals surface area contributed by atoms with E-state index in [4.69, 9.17) is 4.74 Å². The molecule has 1 aliphatic rings. The zero-order valence-corrected chi connectivity index (χ0v) is 19.2. The molecule has 36 heavy (non-hydrogen) atoms. The highest BCUT2D eigenvalue weighted by molar-refractivity contribution is 6.51. The molecular formula is C26H21N3O7. The molecule has 2 heterocycles. The summed E-state index contributed by atoms with van der Waals surface area (Å²) in [6, 6.07) is 15.5. The molecule has 0 aliphatic carbocycles. The average molecular weight is 487 g/mol. The standard InChI is InChI=1S/C26H21N3O7/c1-2-36-21(30)14-16-9-11-18(12-10-16)28-23(20-8-3-4-13-27-20)22(25(32)26(28)33)24(31)17-6-5-7-19(15-17)29(34)35/h3-13,15,23,31H,2,14H2,1H3/b24-22-. The SMILES string of the molecule is CCOC(=O)Cc1ccc(N2C(=O)C(=O)/C(=C(\O)c3cccc([N+](=O)[O-])c3)C2c2ccccn2)cc1. The zero-order valence-electron chi connectivity index (χ0n) is 19.2. The number of esters is 1. The number of pyridine rings is 1. The minimum absolute atomic E-state index is 0.0212. The van der Waals surface area contributed by atoms with Crippen LogP contribution in [0.4, 0.5) is 11.4 Å². The Balaban J connectivity index is 1.81. The van der Waals surface area contributed by atoms with Crippen LogP contribution in [0.1, 0.15) is 29.8 Å². The maximum atomic E-state index is 13.2. The topological polar surface area (TPSA) is 140 Å². The van der Waals surface area contributed by atoms with Crippen LogP contribution in [0.3, 0.4) is 0 Å². The van der Waals surface area contributed by atoms with Gasteiger partial charge in [0.2, 0.25) is 0 Å². The third-order valence-electron chi connectivity index (χ3n) is 5.61. The second kappa shape index (κ2) is 10.2. The number of Topliss-reactive ketones (excluding diaryl/α,β-unsaturated/α-hetero) is 1. The summed E-state index contributed by atoms with van der Waals surface area (Å²) < 4.78 is 4.96. The number of nitrogens with zero attached hydrogens (tertiary/aromatic N) is 3. The molecule has 4 rings (SSSR count). The lowest BCUT2D eigenvalue weighted by atomic mass is 9.98. The highest BCUT2D eigenvalue weighted by Crippen LogP contribution is 2.41. The lowest BCUT2D eigenvalue weighted by Crippen LogP contribution is -2.29. The van der Waals surface area contributed by atoms with Crippen molar-refractivity contribution < 1.29 is 29.2 Å². The molecule has 1 aliphatic heterocycles. The minimum atomic E-state index is -1.08. The number of nitro groups is 1. The number of aliphatic hydroxyl groups is 1. The van der Waals surface area contributed by atoms with Crippen molar-refractivity contribution in [2.45, 2.75) is 19.4 Å². The van der Waals surface area contributed by atoms with E-state index in [9.17, 15) is 29.6 Å². The Morgan fingerprint density at radius 2 is 1.86 bits per heavy atom. The summed E-state index contributed by atoms with van der Waals surface area (Å²) in [4.78, 5) is 54.2. The molecule has 1 aromatic heterocycles. The fraction of sp³-hybridized carbons (Fsp3) is 0.154. The number of amides is 1. The molecule has 10 heteroatoms. The highest BCUT2D eigenvalue weighted by Gasteiger charge is 2.47. The van der Waals surface area contributed by atoms with Gasteiger partial charge in [0.25, 0.3) is 17.4 Å². The lowest BCUT2D eigenvalue weighted by Gasteiger charge is -2.24. The van der Waals surface area contributed by atoms with Gasteiger partial charge in [-0.3, -0.25) is 34.4 Å². The zero-order chi connectivity index (χ0) is 25.8. The Morgan fingerprint density at radius 3 is 2.50 bits per heavy atom. The third-order valence-corrected chi connectivity index (χ3v) is 5.61. The molecule has 0 radical (unpaired) electrons. The summed E-state index contributed by atoms with van der Waals surface area (Å²) >= 11 is 0. The normalized spacial score (nSPS) is 16.7. The van der Waals surface area contributed by atoms with Gasteiger partial charge in [0.15, 0.2) is 0 Å². The van der Waals surface area contributed by atoms with Crippen molar-refractivity contribution in [1.29, 1.82) is 0 Å². The number of non-ortho nitro benzene ring substituents is 1. The Labute approximate surface area is 205 Å².